The number of anilines is 1. The first-order chi connectivity index (χ1) is 8.97. The van der Waals surface area contributed by atoms with Gasteiger partial charge in [-0.15, -0.1) is 0 Å². The highest BCUT2D eigenvalue weighted by Gasteiger charge is 2.15. The summed E-state index contributed by atoms with van der Waals surface area (Å²) in [5.74, 6) is -0.167. The fourth-order valence-electron chi connectivity index (χ4n) is 2.23. The third kappa shape index (κ3) is 4.50. The molecule has 19 heavy (non-hydrogen) atoms. The normalized spacial score (nSPS) is 12.8. The SMILES string of the molecule is CCCCCN(c1ccc(C(C)N)cc1F)C(C)C. The van der Waals surface area contributed by atoms with Crippen LogP contribution >= 0.6 is 0 Å². The topological polar surface area (TPSA) is 29.3 Å². The van der Waals surface area contributed by atoms with Gasteiger partial charge in [0.25, 0.3) is 0 Å². The molecule has 1 rings (SSSR count). The van der Waals surface area contributed by atoms with Crippen molar-refractivity contribution in [2.45, 2.75) is 59.0 Å². The van der Waals surface area contributed by atoms with Crippen molar-refractivity contribution in [1.29, 1.82) is 0 Å². The maximum atomic E-state index is 14.2. The van der Waals surface area contributed by atoms with E-state index in [0.717, 1.165) is 18.5 Å². The summed E-state index contributed by atoms with van der Waals surface area (Å²) in [6, 6.07) is 5.52. The molecule has 1 aromatic rings. The Bertz CT molecular complexity index is 388. The molecule has 0 aliphatic rings. The van der Waals surface area contributed by atoms with Crippen LogP contribution in [0.15, 0.2) is 18.2 Å². The molecule has 1 unspecified atom stereocenters. The molecule has 3 heteroatoms. The van der Waals surface area contributed by atoms with E-state index in [2.05, 4.69) is 25.7 Å². The van der Waals surface area contributed by atoms with Crippen LogP contribution in [0, 0.1) is 5.82 Å². The highest BCUT2D eigenvalue weighted by Crippen LogP contribution is 2.25. The standard InChI is InChI=1S/C16H27FN2/c1-5-6-7-10-19(12(2)3)16-9-8-14(13(4)18)11-15(16)17/h8-9,11-13H,5-7,10,18H2,1-4H3. The minimum Gasteiger partial charge on any atom is -0.367 e. The van der Waals surface area contributed by atoms with Gasteiger partial charge in [-0.1, -0.05) is 25.8 Å². The summed E-state index contributed by atoms with van der Waals surface area (Å²) in [6.07, 6.45) is 3.46. The van der Waals surface area contributed by atoms with Crippen molar-refractivity contribution in [3.63, 3.8) is 0 Å². The van der Waals surface area contributed by atoms with Gasteiger partial charge in [-0.2, -0.15) is 0 Å². The van der Waals surface area contributed by atoms with Crippen LogP contribution in [-0.2, 0) is 0 Å². The van der Waals surface area contributed by atoms with Crippen molar-refractivity contribution >= 4 is 5.69 Å². The van der Waals surface area contributed by atoms with Crippen LogP contribution in [0.5, 0.6) is 0 Å². The largest absolute Gasteiger partial charge is 0.367 e. The van der Waals surface area contributed by atoms with E-state index in [4.69, 9.17) is 5.73 Å². The van der Waals surface area contributed by atoms with Gasteiger partial charge in [-0.3, -0.25) is 0 Å². The predicted molar refractivity (Wildman–Crippen MR) is 81.0 cm³/mol. The molecular formula is C16H27FN2. The second-order valence-electron chi connectivity index (χ2n) is 5.49. The Labute approximate surface area is 116 Å². The lowest BCUT2D eigenvalue weighted by Crippen LogP contribution is -2.32. The first-order valence-corrected chi connectivity index (χ1v) is 7.29. The predicted octanol–water partition coefficient (Wildman–Crippen LogP) is 4.25. The number of unbranched alkanes of at least 4 members (excludes halogenated alkanes) is 2. The molecule has 2 N–H and O–H groups in total. The summed E-state index contributed by atoms with van der Waals surface area (Å²) in [4.78, 5) is 2.13. The van der Waals surface area contributed by atoms with Crippen LogP contribution in [-0.4, -0.2) is 12.6 Å². The van der Waals surface area contributed by atoms with Crippen LogP contribution in [0.4, 0.5) is 10.1 Å². The molecule has 0 heterocycles. The fourth-order valence-corrected chi connectivity index (χ4v) is 2.23. The van der Waals surface area contributed by atoms with Gasteiger partial charge >= 0.3 is 0 Å². The zero-order valence-electron chi connectivity index (χ0n) is 12.6. The average molecular weight is 266 g/mol. The van der Waals surface area contributed by atoms with Crippen molar-refractivity contribution in [2.75, 3.05) is 11.4 Å². The molecule has 2 nitrogen and oxygen atoms in total. The van der Waals surface area contributed by atoms with E-state index in [1.165, 1.54) is 12.8 Å². The summed E-state index contributed by atoms with van der Waals surface area (Å²) in [5, 5.41) is 0. The van der Waals surface area contributed by atoms with Gasteiger partial charge in [-0.05, 0) is 44.9 Å². The zero-order valence-corrected chi connectivity index (χ0v) is 12.6. The number of nitrogens with two attached hydrogens (primary N) is 1. The van der Waals surface area contributed by atoms with Gasteiger partial charge in [0.15, 0.2) is 0 Å². The number of hydrogen-bond acceptors (Lipinski definition) is 2. The van der Waals surface area contributed by atoms with Gasteiger partial charge in [0.2, 0.25) is 0 Å². The summed E-state index contributed by atoms with van der Waals surface area (Å²) >= 11 is 0. The van der Waals surface area contributed by atoms with Crippen LogP contribution in [0.1, 0.15) is 58.6 Å². The quantitative estimate of drug-likeness (QED) is 0.747. The zero-order chi connectivity index (χ0) is 14.4. The van der Waals surface area contributed by atoms with Crippen molar-refractivity contribution in [3.8, 4) is 0 Å². The van der Waals surface area contributed by atoms with E-state index in [0.29, 0.717) is 11.7 Å². The Morgan fingerprint density at radius 1 is 1.21 bits per heavy atom. The monoisotopic (exact) mass is 266 g/mol. The highest BCUT2D eigenvalue weighted by molar-refractivity contribution is 5.50. The minimum absolute atomic E-state index is 0.129. The third-order valence-electron chi connectivity index (χ3n) is 3.43. The van der Waals surface area contributed by atoms with Crippen molar-refractivity contribution in [3.05, 3.63) is 29.6 Å². The first kappa shape index (κ1) is 16.0. The van der Waals surface area contributed by atoms with Gasteiger partial charge in [0.05, 0.1) is 5.69 Å². The Balaban J connectivity index is 2.90. The van der Waals surface area contributed by atoms with Crippen molar-refractivity contribution in [1.82, 2.24) is 0 Å². The molecular weight excluding hydrogens is 239 g/mol. The maximum Gasteiger partial charge on any atom is 0.146 e. The average Bonchev–Trinajstić information content (AvgIpc) is 2.35. The summed E-state index contributed by atoms with van der Waals surface area (Å²) in [7, 11) is 0. The van der Waals surface area contributed by atoms with Gasteiger partial charge in [-0.25, -0.2) is 4.39 Å². The molecule has 0 radical (unpaired) electrons. The summed E-state index contributed by atoms with van der Waals surface area (Å²) < 4.78 is 14.2. The lowest BCUT2D eigenvalue weighted by Gasteiger charge is -2.29. The second kappa shape index (κ2) is 7.49. The van der Waals surface area contributed by atoms with E-state index in [1.807, 2.05) is 19.1 Å². The second-order valence-corrected chi connectivity index (χ2v) is 5.49. The molecule has 0 aliphatic carbocycles. The van der Waals surface area contributed by atoms with Gasteiger partial charge in [0.1, 0.15) is 5.82 Å². The molecule has 0 amide bonds. The Kier molecular flexibility index (Phi) is 6.29. The molecule has 0 spiro atoms. The van der Waals surface area contributed by atoms with Crippen LogP contribution in [0.25, 0.3) is 0 Å². The van der Waals surface area contributed by atoms with Crippen LogP contribution < -0.4 is 10.6 Å². The number of hydrogen-bond donors (Lipinski definition) is 1. The summed E-state index contributed by atoms with van der Waals surface area (Å²) in [6.45, 7) is 9.16. The molecule has 0 fully saturated rings. The molecule has 108 valence electrons. The number of nitrogens with zero attached hydrogens (tertiary/aromatic N) is 1. The molecule has 0 saturated heterocycles. The molecule has 0 aromatic heterocycles. The van der Waals surface area contributed by atoms with E-state index in [1.54, 1.807) is 6.07 Å². The highest BCUT2D eigenvalue weighted by atomic mass is 19.1. The summed E-state index contributed by atoms with van der Waals surface area (Å²) in [5.41, 5.74) is 7.32. The molecule has 1 atom stereocenters. The maximum absolute atomic E-state index is 14.2. The van der Waals surface area contributed by atoms with Crippen LogP contribution in [0.2, 0.25) is 0 Å². The van der Waals surface area contributed by atoms with Crippen molar-refractivity contribution < 1.29 is 4.39 Å². The van der Waals surface area contributed by atoms with E-state index in [9.17, 15) is 4.39 Å². The lowest BCUT2D eigenvalue weighted by molar-refractivity contribution is 0.581. The minimum atomic E-state index is -0.167. The molecule has 1 aromatic carbocycles. The smallest absolute Gasteiger partial charge is 0.146 e. The Hall–Kier alpha value is -1.09. The molecule has 0 aliphatic heterocycles. The van der Waals surface area contributed by atoms with Crippen LogP contribution in [0.3, 0.4) is 0 Å². The van der Waals surface area contributed by atoms with E-state index < -0.39 is 0 Å². The third-order valence-corrected chi connectivity index (χ3v) is 3.43. The van der Waals surface area contributed by atoms with Gasteiger partial charge in [0, 0.05) is 18.6 Å². The fraction of sp³-hybridized carbons (Fsp3) is 0.625. The van der Waals surface area contributed by atoms with E-state index >= 15 is 0 Å². The Morgan fingerprint density at radius 2 is 1.89 bits per heavy atom. The number of rotatable bonds is 7. The Morgan fingerprint density at radius 3 is 2.37 bits per heavy atom. The first-order valence-electron chi connectivity index (χ1n) is 7.29. The lowest BCUT2D eigenvalue weighted by atomic mass is 10.1. The number of benzene rings is 1. The van der Waals surface area contributed by atoms with Gasteiger partial charge < -0.3 is 10.6 Å². The van der Waals surface area contributed by atoms with E-state index in [-0.39, 0.29) is 11.9 Å². The molecule has 0 bridgehead atoms. The molecule has 0 saturated carbocycles. The number of halogens is 1. The van der Waals surface area contributed by atoms with Crippen molar-refractivity contribution in [2.24, 2.45) is 5.73 Å².